The molecule has 0 spiro atoms. The SMILES string of the molecule is COc1cc(N2C(=O)[C@@H](Oc3ccccc3)[C@H]2c2ccc(N(C)C)cc2)cc(OC)c1OC. The molecule has 1 aliphatic heterocycles. The summed E-state index contributed by atoms with van der Waals surface area (Å²) in [5, 5.41) is 0. The van der Waals surface area contributed by atoms with E-state index in [0.29, 0.717) is 28.7 Å². The van der Waals surface area contributed by atoms with Gasteiger partial charge in [0.15, 0.2) is 11.5 Å². The minimum Gasteiger partial charge on any atom is -0.493 e. The summed E-state index contributed by atoms with van der Waals surface area (Å²) in [7, 11) is 8.64. The van der Waals surface area contributed by atoms with Gasteiger partial charge in [0.05, 0.1) is 27.0 Å². The Morgan fingerprint density at radius 1 is 0.818 bits per heavy atom. The van der Waals surface area contributed by atoms with Crippen LogP contribution in [0, 0.1) is 0 Å². The maximum Gasteiger partial charge on any atom is 0.271 e. The number of nitrogens with zero attached hydrogens (tertiary/aromatic N) is 2. The Morgan fingerprint density at radius 3 is 1.94 bits per heavy atom. The lowest BCUT2D eigenvalue weighted by molar-refractivity contribution is -0.135. The van der Waals surface area contributed by atoms with E-state index in [2.05, 4.69) is 0 Å². The van der Waals surface area contributed by atoms with Crippen molar-refractivity contribution < 1.29 is 23.7 Å². The quantitative estimate of drug-likeness (QED) is 0.479. The fourth-order valence-electron chi connectivity index (χ4n) is 4.01. The fraction of sp³-hybridized carbons (Fsp3) is 0.269. The van der Waals surface area contributed by atoms with Crippen molar-refractivity contribution in [2.24, 2.45) is 0 Å². The van der Waals surface area contributed by atoms with E-state index < -0.39 is 6.10 Å². The van der Waals surface area contributed by atoms with Crippen LogP contribution in [0.2, 0.25) is 0 Å². The Morgan fingerprint density at radius 2 is 1.42 bits per heavy atom. The number of carbonyl (C=O) groups excluding carboxylic acids is 1. The van der Waals surface area contributed by atoms with Crippen LogP contribution in [0.3, 0.4) is 0 Å². The standard InChI is InChI=1S/C26H28N2O5/c1-27(2)18-13-11-17(12-14-18)23-25(33-20-9-7-6-8-10-20)26(29)28(23)19-15-21(30-3)24(32-5)22(16-19)31-4/h6-16,23,25H,1-5H3/t23-,25+/m1/s1. The van der Waals surface area contributed by atoms with E-state index in [1.807, 2.05) is 73.6 Å². The van der Waals surface area contributed by atoms with Crippen LogP contribution in [0.1, 0.15) is 11.6 Å². The van der Waals surface area contributed by atoms with Gasteiger partial charge in [0.1, 0.15) is 11.8 Å². The number of rotatable bonds is 8. The molecule has 1 saturated heterocycles. The van der Waals surface area contributed by atoms with Crippen LogP contribution in [0.25, 0.3) is 0 Å². The van der Waals surface area contributed by atoms with Crippen LogP contribution >= 0.6 is 0 Å². The molecule has 0 aromatic heterocycles. The number of carbonyl (C=O) groups is 1. The van der Waals surface area contributed by atoms with Gasteiger partial charge in [0.2, 0.25) is 11.9 Å². The number of anilines is 2. The molecule has 1 heterocycles. The molecule has 0 saturated carbocycles. The molecule has 2 atom stereocenters. The zero-order valence-electron chi connectivity index (χ0n) is 19.4. The third kappa shape index (κ3) is 4.14. The molecule has 0 radical (unpaired) electrons. The van der Waals surface area contributed by atoms with Crippen LogP contribution in [-0.2, 0) is 4.79 Å². The molecule has 7 heteroatoms. The van der Waals surface area contributed by atoms with E-state index in [1.54, 1.807) is 38.4 Å². The summed E-state index contributed by atoms with van der Waals surface area (Å²) in [6.45, 7) is 0. The molecule has 33 heavy (non-hydrogen) atoms. The highest BCUT2D eigenvalue weighted by Crippen LogP contribution is 2.47. The fourth-order valence-corrected chi connectivity index (χ4v) is 4.01. The van der Waals surface area contributed by atoms with Crippen molar-refractivity contribution >= 4 is 17.3 Å². The summed E-state index contributed by atoms with van der Waals surface area (Å²) in [4.78, 5) is 17.1. The number of ether oxygens (including phenoxy) is 4. The molecule has 4 rings (SSSR count). The van der Waals surface area contributed by atoms with Crippen molar-refractivity contribution in [3.8, 4) is 23.0 Å². The van der Waals surface area contributed by atoms with E-state index in [4.69, 9.17) is 18.9 Å². The molecule has 0 aliphatic carbocycles. The summed E-state index contributed by atoms with van der Waals surface area (Å²) >= 11 is 0. The van der Waals surface area contributed by atoms with Gasteiger partial charge in [-0.05, 0) is 29.8 Å². The van der Waals surface area contributed by atoms with Crippen LogP contribution in [-0.4, -0.2) is 47.4 Å². The Bertz CT molecular complexity index is 1090. The maximum atomic E-state index is 13.4. The van der Waals surface area contributed by atoms with Crippen molar-refractivity contribution in [2.75, 3.05) is 45.2 Å². The smallest absolute Gasteiger partial charge is 0.271 e. The van der Waals surface area contributed by atoms with Crippen molar-refractivity contribution in [1.29, 1.82) is 0 Å². The van der Waals surface area contributed by atoms with E-state index in [0.717, 1.165) is 11.3 Å². The zero-order chi connectivity index (χ0) is 23.5. The lowest BCUT2D eigenvalue weighted by atomic mass is 9.89. The third-order valence-electron chi connectivity index (χ3n) is 5.73. The molecule has 3 aromatic rings. The van der Waals surface area contributed by atoms with Gasteiger partial charge >= 0.3 is 0 Å². The van der Waals surface area contributed by atoms with Gasteiger partial charge in [-0.1, -0.05) is 30.3 Å². The minimum atomic E-state index is -0.656. The molecule has 1 fully saturated rings. The van der Waals surface area contributed by atoms with Gasteiger partial charge in [-0.25, -0.2) is 0 Å². The molecule has 1 amide bonds. The van der Waals surface area contributed by atoms with Crippen LogP contribution in [0.4, 0.5) is 11.4 Å². The second-order valence-electron chi connectivity index (χ2n) is 7.87. The Kier molecular flexibility index (Phi) is 6.31. The highest BCUT2D eigenvalue weighted by atomic mass is 16.5. The van der Waals surface area contributed by atoms with E-state index in [9.17, 15) is 4.79 Å². The lowest BCUT2D eigenvalue weighted by Gasteiger charge is -2.46. The first-order valence-electron chi connectivity index (χ1n) is 10.6. The summed E-state index contributed by atoms with van der Waals surface area (Å²) in [5.74, 6) is 1.94. The summed E-state index contributed by atoms with van der Waals surface area (Å²) in [5.41, 5.74) is 2.68. The number of benzene rings is 3. The van der Waals surface area contributed by atoms with E-state index in [-0.39, 0.29) is 11.9 Å². The van der Waals surface area contributed by atoms with Crippen molar-refractivity contribution in [3.05, 3.63) is 72.3 Å². The summed E-state index contributed by atoms with van der Waals surface area (Å²) in [6.07, 6.45) is -0.656. The molecule has 1 aliphatic rings. The molecule has 0 bridgehead atoms. The van der Waals surface area contributed by atoms with Gasteiger partial charge in [0.25, 0.3) is 5.91 Å². The van der Waals surface area contributed by atoms with Gasteiger partial charge in [-0.3, -0.25) is 9.69 Å². The second-order valence-corrected chi connectivity index (χ2v) is 7.87. The molecular weight excluding hydrogens is 420 g/mol. The molecule has 3 aromatic carbocycles. The van der Waals surface area contributed by atoms with Crippen LogP contribution in [0.15, 0.2) is 66.7 Å². The molecule has 7 nitrogen and oxygen atoms in total. The van der Waals surface area contributed by atoms with E-state index in [1.165, 1.54) is 0 Å². The number of β-lactam (4-membered cyclic amide) rings is 1. The average molecular weight is 449 g/mol. The molecule has 172 valence electrons. The Hall–Kier alpha value is -3.87. The Balaban J connectivity index is 1.75. The number of amides is 1. The third-order valence-corrected chi connectivity index (χ3v) is 5.73. The normalized spacial score (nSPS) is 17.2. The van der Waals surface area contributed by atoms with Crippen LogP contribution < -0.4 is 28.7 Å². The van der Waals surface area contributed by atoms with Gasteiger partial charge in [-0.2, -0.15) is 0 Å². The van der Waals surface area contributed by atoms with Gasteiger partial charge in [-0.15, -0.1) is 0 Å². The van der Waals surface area contributed by atoms with Crippen LogP contribution in [0.5, 0.6) is 23.0 Å². The first-order valence-corrected chi connectivity index (χ1v) is 10.6. The highest BCUT2D eigenvalue weighted by Gasteiger charge is 2.51. The van der Waals surface area contributed by atoms with Gasteiger partial charge < -0.3 is 23.8 Å². The van der Waals surface area contributed by atoms with E-state index >= 15 is 0 Å². The lowest BCUT2D eigenvalue weighted by Crippen LogP contribution is -2.61. The first-order chi connectivity index (χ1) is 16.0. The number of hydrogen-bond acceptors (Lipinski definition) is 6. The summed E-state index contributed by atoms with van der Waals surface area (Å²) in [6, 6.07) is 20.7. The number of methoxy groups -OCH3 is 3. The number of hydrogen-bond donors (Lipinski definition) is 0. The molecule has 0 unspecified atom stereocenters. The first kappa shape index (κ1) is 22.3. The predicted octanol–water partition coefficient (Wildman–Crippen LogP) is 4.31. The average Bonchev–Trinajstić information content (AvgIpc) is 2.85. The largest absolute Gasteiger partial charge is 0.493 e. The second kappa shape index (κ2) is 9.32. The van der Waals surface area contributed by atoms with Crippen molar-refractivity contribution in [3.63, 3.8) is 0 Å². The molecule has 0 N–H and O–H groups in total. The summed E-state index contributed by atoms with van der Waals surface area (Å²) < 4.78 is 22.6. The predicted molar refractivity (Wildman–Crippen MR) is 128 cm³/mol. The van der Waals surface area contributed by atoms with Crippen molar-refractivity contribution in [2.45, 2.75) is 12.1 Å². The number of para-hydroxylation sites is 1. The van der Waals surface area contributed by atoms with Gasteiger partial charge in [0, 0.05) is 31.9 Å². The minimum absolute atomic E-state index is 0.144. The topological polar surface area (TPSA) is 60.5 Å². The Labute approximate surface area is 194 Å². The highest BCUT2D eigenvalue weighted by molar-refractivity contribution is 6.05. The molecular formula is C26H28N2O5. The maximum absolute atomic E-state index is 13.4. The van der Waals surface area contributed by atoms with Crippen molar-refractivity contribution in [1.82, 2.24) is 0 Å². The zero-order valence-corrected chi connectivity index (χ0v) is 19.4. The monoisotopic (exact) mass is 448 g/mol.